The minimum absolute atomic E-state index is 0.0374. The zero-order valence-corrected chi connectivity index (χ0v) is 12.4. The summed E-state index contributed by atoms with van der Waals surface area (Å²) in [5, 5.41) is 18.4. The number of hydrogen-bond donors (Lipinski definition) is 4. The Balaban J connectivity index is 3.00. The first-order valence-electron chi connectivity index (χ1n) is 5.74. The molecule has 7 nitrogen and oxygen atoms in total. The summed E-state index contributed by atoms with van der Waals surface area (Å²) in [6.45, 7) is 1.67. The molecule has 0 radical (unpaired) electrons. The molecule has 4 N–H and O–H groups in total. The molecule has 1 aromatic carbocycles. The molecule has 9 heteroatoms. The van der Waals surface area contributed by atoms with E-state index in [1.807, 2.05) is 0 Å². The van der Waals surface area contributed by atoms with Crippen LogP contribution in [-0.2, 0) is 15.8 Å². The van der Waals surface area contributed by atoms with E-state index >= 15 is 0 Å². The molecule has 0 aliphatic carbocycles. The van der Waals surface area contributed by atoms with Crippen LogP contribution in [0.25, 0.3) is 0 Å². The van der Waals surface area contributed by atoms with Gasteiger partial charge in [0.1, 0.15) is 11.8 Å². The van der Waals surface area contributed by atoms with Crippen molar-refractivity contribution in [2.45, 2.75) is 19.4 Å². The Bertz CT molecular complexity index is 502. The van der Waals surface area contributed by atoms with Gasteiger partial charge in [-0.1, -0.05) is 31.0 Å². The topological polar surface area (TPSA) is 118 Å². The molecule has 0 saturated carbocycles. The number of nitrogens with zero attached hydrogens (tertiary/aromatic N) is 1. The molecule has 0 heterocycles. The number of aliphatic carboxylic acids is 1. The number of phenols is 1. The number of carboxylic acid groups (broad SMARTS) is 1. The van der Waals surface area contributed by atoms with Gasteiger partial charge in [0.2, 0.25) is 0 Å². The van der Waals surface area contributed by atoms with Crippen molar-refractivity contribution in [2.24, 2.45) is 0 Å². The Kier molecular flexibility index (Phi) is 6.04. The van der Waals surface area contributed by atoms with E-state index < -0.39 is 19.8 Å². The largest absolute Gasteiger partial charge is 0.508 e. The Morgan fingerprint density at radius 3 is 2.30 bits per heavy atom. The lowest BCUT2D eigenvalue weighted by Crippen LogP contribution is -2.36. The molecule has 0 fully saturated rings. The SMILES string of the molecule is CCSN(C(Cc1ccc(O)cc1)C(=O)O)P(=O)(O)O. The van der Waals surface area contributed by atoms with Gasteiger partial charge in [-0.3, -0.25) is 4.79 Å². The summed E-state index contributed by atoms with van der Waals surface area (Å²) in [6, 6.07) is 4.45. The zero-order valence-electron chi connectivity index (χ0n) is 10.7. The molecule has 1 rings (SSSR count). The average Bonchev–Trinajstić information content (AvgIpc) is 2.34. The van der Waals surface area contributed by atoms with Gasteiger partial charge in [-0.2, -0.15) is 0 Å². The Hall–Kier alpha value is -1.05. The summed E-state index contributed by atoms with van der Waals surface area (Å²) in [5.41, 5.74) is 0.561. The molecule has 1 atom stereocenters. The number of rotatable bonds is 7. The number of aromatic hydroxyl groups is 1. The summed E-state index contributed by atoms with van der Waals surface area (Å²) in [6.07, 6.45) is -0.0757. The zero-order chi connectivity index (χ0) is 15.3. The maximum Gasteiger partial charge on any atom is 0.413 e. The van der Waals surface area contributed by atoms with Gasteiger partial charge in [-0.05, 0) is 17.7 Å². The first-order valence-corrected chi connectivity index (χ1v) is 8.25. The van der Waals surface area contributed by atoms with Crippen molar-refractivity contribution in [3.63, 3.8) is 0 Å². The van der Waals surface area contributed by atoms with Crippen LogP contribution in [0.3, 0.4) is 0 Å². The third kappa shape index (κ3) is 4.81. The lowest BCUT2D eigenvalue weighted by Gasteiger charge is -2.27. The highest BCUT2D eigenvalue weighted by Crippen LogP contribution is 2.47. The van der Waals surface area contributed by atoms with Crippen LogP contribution < -0.4 is 0 Å². The third-order valence-corrected chi connectivity index (χ3v) is 4.99. The van der Waals surface area contributed by atoms with Crippen LogP contribution in [0.5, 0.6) is 5.75 Å². The first-order chi connectivity index (χ1) is 9.25. The van der Waals surface area contributed by atoms with Gasteiger partial charge < -0.3 is 20.0 Å². The number of hydrogen-bond acceptors (Lipinski definition) is 4. The van der Waals surface area contributed by atoms with Crippen molar-refractivity contribution in [1.82, 2.24) is 4.08 Å². The van der Waals surface area contributed by atoms with Gasteiger partial charge in [0.15, 0.2) is 0 Å². The molecule has 0 aromatic heterocycles. The standard InChI is InChI=1S/C11H16NO6PS/c1-2-20-12(19(16,17)18)10(11(14)15)7-8-3-5-9(13)6-4-8/h3-6,10,13H,2,7H2,1H3,(H,14,15)(H2,16,17,18). The van der Waals surface area contributed by atoms with Gasteiger partial charge in [0.05, 0.1) is 0 Å². The third-order valence-electron chi connectivity index (χ3n) is 2.44. The van der Waals surface area contributed by atoms with Crippen LogP contribution in [0, 0.1) is 0 Å². The van der Waals surface area contributed by atoms with E-state index in [9.17, 15) is 24.3 Å². The highest BCUT2D eigenvalue weighted by molar-refractivity contribution is 8.01. The van der Waals surface area contributed by atoms with E-state index in [0.29, 0.717) is 15.4 Å². The van der Waals surface area contributed by atoms with Crippen LogP contribution in [-0.4, -0.2) is 41.8 Å². The summed E-state index contributed by atoms with van der Waals surface area (Å²) in [7, 11) is -4.68. The summed E-state index contributed by atoms with van der Waals surface area (Å²) in [5.74, 6) is -0.942. The van der Waals surface area contributed by atoms with Crippen LogP contribution in [0.1, 0.15) is 12.5 Å². The molecule has 0 spiro atoms. The highest BCUT2D eigenvalue weighted by Gasteiger charge is 2.37. The maximum absolute atomic E-state index is 11.4. The van der Waals surface area contributed by atoms with Crippen molar-refractivity contribution in [3.05, 3.63) is 29.8 Å². The van der Waals surface area contributed by atoms with E-state index in [0.717, 1.165) is 11.9 Å². The summed E-state index contributed by atoms with van der Waals surface area (Å²) in [4.78, 5) is 29.8. The Morgan fingerprint density at radius 2 is 1.90 bits per heavy atom. The second-order valence-corrected chi connectivity index (χ2v) is 6.92. The molecule has 20 heavy (non-hydrogen) atoms. The highest BCUT2D eigenvalue weighted by atomic mass is 32.2. The fourth-order valence-electron chi connectivity index (χ4n) is 1.59. The average molecular weight is 321 g/mol. The lowest BCUT2D eigenvalue weighted by atomic mass is 10.1. The fourth-order valence-corrected chi connectivity index (χ4v) is 3.70. The second-order valence-electron chi connectivity index (χ2n) is 3.96. The van der Waals surface area contributed by atoms with Crippen LogP contribution in [0.4, 0.5) is 0 Å². The number of benzene rings is 1. The quantitative estimate of drug-likeness (QED) is 0.440. The van der Waals surface area contributed by atoms with E-state index in [4.69, 9.17) is 5.11 Å². The predicted molar refractivity (Wildman–Crippen MR) is 75.2 cm³/mol. The predicted octanol–water partition coefficient (Wildman–Crippen LogP) is 1.45. The van der Waals surface area contributed by atoms with Crippen molar-refractivity contribution in [1.29, 1.82) is 0 Å². The van der Waals surface area contributed by atoms with Gasteiger partial charge in [0, 0.05) is 12.2 Å². The van der Waals surface area contributed by atoms with Crippen LogP contribution in [0.15, 0.2) is 24.3 Å². The van der Waals surface area contributed by atoms with E-state index in [1.54, 1.807) is 6.92 Å². The van der Waals surface area contributed by atoms with Crippen LogP contribution in [0.2, 0.25) is 0 Å². The van der Waals surface area contributed by atoms with E-state index in [1.165, 1.54) is 24.3 Å². The van der Waals surface area contributed by atoms with Crippen molar-refractivity contribution < 1.29 is 29.4 Å². The normalized spacial score (nSPS) is 13.4. The lowest BCUT2D eigenvalue weighted by molar-refractivity contribution is -0.140. The molecule has 1 unspecified atom stereocenters. The van der Waals surface area contributed by atoms with Crippen molar-refractivity contribution in [3.8, 4) is 5.75 Å². The molecular formula is C11H16NO6PS. The Labute approximate surface area is 120 Å². The van der Waals surface area contributed by atoms with E-state index in [2.05, 4.69) is 0 Å². The molecule has 112 valence electrons. The molecular weight excluding hydrogens is 305 g/mol. The molecule has 0 bridgehead atoms. The monoisotopic (exact) mass is 321 g/mol. The molecule has 0 aliphatic rings. The van der Waals surface area contributed by atoms with Gasteiger partial charge in [-0.15, -0.1) is 4.08 Å². The fraction of sp³-hybridized carbons (Fsp3) is 0.364. The second kappa shape index (κ2) is 7.10. The van der Waals surface area contributed by atoms with Gasteiger partial charge >= 0.3 is 13.7 Å². The summed E-state index contributed by atoms with van der Waals surface area (Å²) < 4.78 is 12.0. The minimum Gasteiger partial charge on any atom is -0.508 e. The maximum atomic E-state index is 11.4. The first kappa shape index (κ1) is 17.0. The molecule has 0 amide bonds. The number of carbonyl (C=O) groups is 1. The smallest absolute Gasteiger partial charge is 0.413 e. The number of phenolic OH excluding ortho intramolecular Hbond substituents is 1. The van der Waals surface area contributed by atoms with Gasteiger partial charge in [-0.25, -0.2) is 4.57 Å². The van der Waals surface area contributed by atoms with Crippen molar-refractivity contribution >= 4 is 25.7 Å². The Morgan fingerprint density at radius 1 is 1.35 bits per heavy atom. The molecule has 1 aromatic rings. The van der Waals surface area contributed by atoms with Crippen molar-refractivity contribution in [2.75, 3.05) is 5.75 Å². The van der Waals surface area contributed by atoms with Gasteiger partial charge in [0.25, 0.3) is 0 Å². The number of carboxylic acids is 1. The molecule has 0 aliphatic heterocycles. The summed E-state index contributed by atoms with van der Waals surface area (Å²) >= 11 is 0.782. The minimum atomic E-state index is -4.68. The van der Waals surface area contributed by atoms with Crippen LogP contribution >= 0.6 is 19.7 Å². The van der Waals surface area contributed by atoms with E-state index in [-0.39, 0.29) is 12.2 Å². The molecule has 0 saturated heterocycles.